The Kier molecular flexibility index (Phi) is 3.34. The van der Waals surface area contributed by atoms with Crippen LogP contribution in [0.15, 0.2) is 5.38 Å². The smallest absolute Gasteiger partial charge is 0.145 e. The molecule has 18 heavy (non-hydrogen) atoms. The van der Waals surface area contributed by atoms with Crippen molar-refractivity contribution in [3.63, 3.8) is 0 Å². The van der Waals surface area contributed by atoms with Gasteiger partial charge in [-0.3, -0.25) is 4.68 Å². The molecule has 0 atom stereocenters. The van der Waals surface area contributed by atoms with Crippen LogP contribution in [0.25, 0.3) is 0 Å². The second-order valence-corrected chi connectivity index (χ2v) is 5.30. The van der Waals surface area contributed by atoms with Gasteiger partial charge in [0.15, 0.2) is 0 Å². The number of hydrogen-bond acceptors (Lipinski definition) is 5. The van der Waals surface area contributed by atoms with Crippen molar-refractivity contribution in [1.29, 1.82) is 5.26 Å². The lowest BCUT2D eigenvalue weighted by atomic mass is 10.2. The van der Waals surface area contributed by atoms with Crippen molar-refractivity contribution in [1.82, 2.24) is 14.8 Å². The number of hydrogen-bond donors (Lipinski definition) is 0. The van der Waals surface area contributed by atoms with Gasteiger partial charge >= 0.3 is 0 Å². The summed E-state index contributed by atoms with van der Waals surface area (Å²) in [5, 5.41) is 16.6. The Morgan fingerprint density at radius 1 is 1.50 bits per heavy atom. The van der Waals surface area contributed by atoms with E-state index in [1.807, 2.05) is 38.2 Å². The summed E-state index contributed by atoms with van der Waals surface area (Å²) < 4.78 is 1.74. The average molecular weight is 261 g/mol. The van der Waals surface area contributed by atoms with Gasteiger partial charge in [0.25, 0.3) is 0 Å². The molecule has 2 aromatic rings. The van der Waals surface area contributed by atoms with Gasteiger partial charge in [0.05, 0.1) is 22.9 Å². The first-order chi connectivity index (χ1) is 8.52. The molecule has 0 unspecified atom stereocenters. The van der Waals surface area contributed by atoms with E-state index in [0.717, 1.165) is 22.2 Å². The van der Waals surface area contributed by atoms with E-state index in [1.54, 1.807) is 16.0 Å². The van der Waals surface area contributed by atoms with Crippen LogP contribution in [-0.4, -0.2) is 21.8 Å². The number of aromatic nitrogens is 3. The summed E-state index contributed by atoms with van der Waals surface area (Å²) in [5.74, 6) is 0.834. The van der Waals surface area contributed by atoms with Crippen LogP contribution in [-0.2, 0) is 13.6 Å². The van der Waals surface area contributed by atoms with Gasteiger partial charge in [-0.05, 0) is 13.8 Å². The Labute approximate surface area is 110 Å². The number of nitrogens with zero attached hydrogens (tertiary/aromatic N) is 5. The molecule has 0 aliphatic carbocycles. The first-order valence-corrected chi connectivity index (χ1v) is 6.46. The van der Waals surface area contributed by atoms with Crippen LogP contribution < -0.4 is 4.90 Å². The van der Waals surface area contributed by atoms with Gasteiger partial charge in [-0.15, -0.1) is 11.3 Å². The van der Waals surface area contributed by atoms with Crippen molar-refractivity contribution >= 4 is 17.2 Å². The maximum atomic E-state index is 9.19. The maximum absolute atomic E-state index is 9.19. The molecule has 0 radical (unpaired) electrons. The van der Waals surface area contributed by atoms with Crippen LogP contribution in [0.3, 0.4) is 0 Å². The SMILES string of the molecule is Cc1nc(CN(C)c2c(C#N)c(C)nn2C)cs1. The molecular weight excluding hydrogens is 246 g/mol. The lowest BCUT2D eigenvalue weighted by molar-refractivity contribution is 0.723. The van der Waals surface area contributed by atoms with E-state index in [-0.39, 0.29) is 0 Å². The zero-order valence-corrected chi connectivity index (χ0v) is 11.7. The molecule has 0 amide bonds. The van der Waals surface area contributed by atoms with E-state index >= 15 is 0 Å². The standard InChI is InChI=1S/C12H15N5S/c1-8-11(5-13)12(17(4)15-8)16(3)6-10-7-18-9(2)14-10/h7H,6H2,1-4H3. The van der Waals surface area contributed by atoms with E-state index < -0.39 is 0 Å². The third kappa shape index (κ3) is 2.22. The Balaban J connectivity index is 2.29. The Morgan fingerprint density at radius 2 is 2.22 bits per heavy atom. The first-order valence-electron chi connectivity index (χ1n) is 5.58. The van der Waals surface area contributed by atoms with Gasteiger partial charge in [-0.25, -0.2) is 4.98 Å². The zero-order chi connectivity index (χ0) is 13.3. The van der Waals surface area contributed by atoms with E-state index in [9.17, 15) is 5.26 Å². The molecule has 0 fully saturated rings. The topological polar surface area (TPSA) is 57.7 Å². The highest BCUT2D eigenvalue weighted by Crippen LogP contribution is 2.23. The van der Waals surface area contributed by atoms with E-state index in [4.69, 9.17) is 0 Å². The maximum Gasteiger partial charge on any atom is 0.145 e. The van der Waals surface area contributed by atoms with Crippen LogP contribution in [0.4, 0.5) is 5.82 Å². The van der Waals surface area contributed by atoms with Gasteiger partial charge in [0, 0.05) is 19.5 Å². The molecule has 0 aliphatic heterocycles. The first kappa shape index (κ1) is 12.6. The van der Waals surface area contributed by atoms with E-state index in [0.29, 0.717) is 12.1 Å². The highest BCUT2D eigenvalue weighted by Gasteiger charge is 2.17. The van der Waals surface area contributed by atoms with Crippen molar-refractivity contribution in [2.75, 3.05) is 11.9 Å². The molecule has 0 aromatic carbocycles. The van der Waals surface area contributed by atoms with Crippen molar-refractivity contribution in [2.24, 2.45) is 7.05 Å². The normalized spacial score (nSPS) is 10.4. The summed E-state index contributed by atoms with van der Waals surface area (Å²) in [5.41, 5.74) is 2.41. The van der Waals surface area contributed by atoms with Gasteiger partial charge in [-0.1, -0.05) is 0 Å². The van der Waals surface area contributed by atoms with Gasteiger partial charge in [0.1, 0.15) is 17.5 Å². The summed E-state index contributed by atoms with van der Waals surface area (Å²) in [6, 6.07) is 2.21. The monoisotopic (exact) mass is 261 g/mol. The molecular formula is C12H15N5S. The third-order valence-corrected chi connectivity index (χ3v) is 3.55. The fourth-order valence-electron chi connectivity index (χ4n) is 2.01. The molecule has 0 saturated carbocycles. The molecule has 2 aromatic heterocycles. The summed E-state index contributed by atoms with van der Waals surface area (Å²) in [6.07, 6.45) is 0. The van der Waals surface area contributed by atoms with Gasteiger partial charge in [0.2, 0.25) is 0 Å². The minimum absolute atomic E-state index is 0.631. The van der Waals surface area contributed by atoms with Crippen LogP contribution in [0.1, 0.15) is 22.0 Å². The Hall–Kier alpha value is -1.87. The highest BCUT2D eigenvalue weighted by molar-refractivity contribution is 7.09. The fraction of sp³-hybridized carbons (Fsp3) is 0.417. The zero-order valence-electron chi connectivity index (χ0n) is 10.9. The minimum Gasteiger partial charge on any atom is -0.353 e. The van der Waals surface area contributed by atoms with Crippen LogP contribution in [0, 0.1) is 25.2 Å². The molecule has 94 valence electrons. The summed E-state index contributed by atoms with van der Waals surface area (Å²) in [6.45, 7) is 4.52. The Morgan fingerprint density at radius 3 is 2.78 bits per heavy atom. The lowest BCUT2D eigenvalue weighted by Gasteiger charge is -2.18. The number of rotatable bonds is 3. The second-order valence-electron chi connectivity index (χ2n) is 4.23. The van der Waals surface area contributed by atoms with Crippen molar-refractivity contribution < 1.29 is 0 Å². The average Bonchev–Trinajstić information content (AvgIpc) is 2.82. The van der Waals surface area contributed by atoms with E-state index in [1.165, 1.54) is 0 Å². The van der Waals surface area contributed by atoms with E-state index in [2.05, 4.69) is 16.2 Å². The number of thiazole rings is 1. The minimum atomic E-state index is 0.631. The largest absolute Gasteiger partial charge is 0.353 e. The number of nitriles is 1. The summed E-state index contributed by atoms with van der Waals surface area (Å²) in [4.78, 5) is 6.44. The van der Waals surface area contributed by atoms with Gasteiger partial charge in [-0.2, -0.15) is 10.4 Å². The van der Waals surface area contributed by atoms with Crippen LogP contribution >= 0.6 is 11.3 Å². The van der Waals surface area contributed by atoms with Crippen LogP contribution in [0.5, 0.6) is 0 Å². The summed E-state index contributed by atoms with van der Waals surface area (Å²) in [7, 11) is 3.80. The molecule has 0 bridgehead atoms. The predicted molar refractivity (Wildman–Crippen MR) is 71.6 cm³/mol. The molecule has 2 rings (SSSR count). The highest BCUT2D eigenvalue weighted by atomic mass is 32.1. The fourth-order valence-corrected chi connectivity index (χ4v) is 2.62. The molecule has 6 heteroatoms. The number of anilines is 1. The third-order valence-electron chi connectivity index (χ3n) is 2.73. The predicted octanol–water partition coefficient (Wildman–Crippen LogP) is 2.00. The quantitative estimate of drug-likeness (QED) is 0.848. The molecule has 0 saturated heterocycles. The van der Waals surface area contributed by atoms with Crippen molar-refractivity contribution in [3.8, 4) is 6.07 Å². The molecule has 2 heterocycles. The second kappa shape index (κ2) is 4.78. The molecule has 0 N–H and O–H groups in total. The Bertz CT molecular complexity index is 605. The van der Waals surface area contributed by atoms with Crippen molar-refractivity contribution in [2.45, 2.75) is 20.4 Å². The lowest BCUT2D eigenvalue weighted by Crippen LogP contribution is -2.20. The molecule has 0 spiro atoms. The van der Waals surface area contributed by atoms with Crippen LogP contribution in [0.2, 0.25) is 0 Å². The summed E-state index contributed by atoms with van der Waals surface area (Å²) >= 11 is 1.64. The van der Waals surface area contributed by atoms with Gasteiger partial charge < -0.3 is 4.90 Å². The number of aryl methyl sites for hydroxylation is 3. The van der Waals surface area contributed by atoms with Crippen molar-refractivity contribution in [3.05, 3.63) is 27.3 Å². The molecule has 5 nitrogen and oxygen atoms in total. The molecule has 0 aliphatic rings.